The van der Waals surface area contributed by atoms with Crippen molar-refractivity contribution in [2.24, 2.45) is 11.8 Å². The van der Waals surface area contributed by atoms with E-state index in [2.05, 4.69) is 36.3 Å². The first-order valence-corrected chi connectivity index (χ1v) is 23.2. The Bertz CT molecular complexity index is 2450. The molecule has 2 aliphatic rings. The zero-order valence-corrected chi connectivity index (χ0v) is 37.1. The fraction of sp³-hybridized carbons (Fsp3) is 0.364. The van der Waals surface area contributed by atoms with Crippen molar-refractivity contribution < 1.29 is 39.9 Å². The second-order valence-electron chi connectivity index (χ2n) is 15.9. The minimum absolute atomic E-state index is 0.0112. The summed E-state index contributed by atoms with van der Waals surface area (Å²) in [7, 11) is -7.25. The number of nitrogens with one attached hydrogen (secondary N) is 3. The highest BCUT2D eigenvalue weighted by molar-refractivity contribution is 7.93. The fourth-order valence-electron chi connectivity index (χ4n) is 7.28. The van der Waals surface area contributed by atoms with Crippen LogP contribution in [0.15, 0.2) is 126 Å². The smallest absolute Gasteiger partial charge is 0.410 e. The number of carbonyl (C=O) groups is 2. The third kappa shape index (κ3) is 12.6. The molecule has 2 aliphatic heterocycles. The monoisotopic (exact) mass is 906 g/mol. The third-order valence-corrected chi connectivity index (χ3v) is 16.5. The van der Waals surface area contributed by atoms with Crippen LogP contribution >= 0.6 is 0 Å². The van der Waals surface area contributed by atoms with E-state index in [1.54, 1.807) is 69.0 Å². The number of benzene rings is 3. The van der Waals surface area contributed by atoms with E-state index in [9.17, 15) is 35.2 Å². The Kier molecular flexibility index (Phi) is 16.4. The van der Waals surface area contributed by atoms with Crippen LogP contribution in [0.2, 0.25) is 0 Å². The molecule has 0 unspecified atom stereocenters. The van der Waals surface area contributed by atoms with E-state index in [-0.39, 0.29) is 27.7 Å². The molecule has 0 atom stereocenters. The lowest BCUT2D eigenvalue weighted by molar-refractivity contribution is 0.171. The molecular weight excluding hydrogens is 855 g/mol. The molecule has 0 aliphatic carbocycles. The van der Waals surface area contributed by atoms with Gasteiger partial charge in [0.25, 0.3) is 0 Å². The van der Waals surface area contributed by atoms with Crippen molar-refractivity contribution in [1.82, 2.24) is 30.6 Å². The summed E-state index contributed by atoms with van der Waals surface area (Å²) in [4.78, 5) is 25.5. The number of piperidine rings is 2. The summed E-state index contributed by atoms with van der Waals surface area (Å²) in [5.41, 5.74) is 1.09. The fourth-order valence-corrected chi connectivity index (χ4v) is 10.9. The summed E-state index contributed by atoms with van der Waals surface area (Å²) in [6, 6.07) is 22.2. The standard InChI is InChI=1S/C19H23FN4O3S.C14H20FNO2S.C11H9N3O2/c1-19(2,28(26,27)17-5-3-4-15(20)12-17)14-7-10-24(11-8-14)18(25)23-16-6-9-21-22-13-16;1-14(2,11-6-8-16-9-7-11)19(17,18)13-5-3-4-12(15)10-13;15-11(14-9-6-7-12-13-8-9)16-10-4-2-1-3-5-10/h3-6,9,12-14H,7-8,10-11H2,1-2H3,(H,21,23,25);3-5,10-11,16H,6-9H2,1-2H3;1-8H,(H,12,14,15). The van der Waals surface area contributed by atoms with Gasteiger partial charge in [-0.1, -0.05) is 30.3 Å². The molecule has 2 aromatic heterocycles. The van der Waals surface area contributed by atoms with Crippen LogP contribution in [0.3, 0.4) is 0 Å². The minimum atomic E-state index is -3.72. The number of halogens is 2. The highest BCUT2D eigenvalue weighted by atomic mass is 32.2. The van der Waals surface area contributed by atoms with Crippen LogP contribution in [-0.4, -0.2) is 89.9 Å². The van der Waals surface area contributed by atoms with Gasteiger partial charge < -0.3 is 20.3 Å². The number of rotatable bonds is 9. The predicted molar refractivity (Wildman–Crippen MR) is 234 cm³/mol. The largest absolute Gasteiger partial charge is 0.417 e. The van der Waals surface area contributed by atoms with Crippen molar-refractivity contribution >= 4 is 43.2 Å². The molecule has 3 amide bonds. The van der Waals surface area contributed by atoms with Crippen LogP contribution < -0.4 is 20.7 Å². The topological polar surface area (TPSA) is 203 Å². The molecule has 0 bridgehead atoms. The number of anilines is 2. The number of ether oxygens (including phenoxy) is 1. The van der Waals surface area contributed by atoms with E-state index in [0.717, 1.165) is 38.1 Å². The molecular formula is C44H52F2N8O7S2. The molecule has 19 heteroatoms. The molecule has 0 radical (unpaired) electrons. The Labute approximate surface area is 366 Å². The summed E-state index contributed by atoms with van der Waals surface area (Å²) < 4.78 is 81.5. The molecule has 4 heterocycles. The molecule has 5 aromatic rings. The summed E-state index contributed by atoms with van der Waals surface area (Å²) in [6.07, 6.45) is 8.07. The summed E-state index contributed by atoms with van der Waals surface area (Å²) in [6.45, 7) is 9.42. The second kappa shape index (κ2) is 21.4. The van der Waals surface area contributed by atoms with Crippen molar-refractivity contribution in [3.05, 3.63) is 127 Å². The maximum absolute atomic E-state index is 13.5. The lowest BCUT2D eigenvalue weighted by Gasteiger charge is -2.40. The van der Waals surface area contributed by atoms with Gasteiger partial charge in [0.1, 0.15) is 17.4 Å². The van der Waals surface area contributed by atoms with Crippen molar-refractivity contribution in [3.8, 4) is 5.75 Å². The maximum atomic E-state index is 13.5. The highest BCUT2D eigenvalue weighted by Gasteiger charge is 2.45. The second-order valence-corrected chi connectivity index (χ2v) is 21.0. The van der Waals surface area contributed by atoms with Crippen LogP contribution in [0.25, 0.3) is 0 Å². The Morgan fingerprint density at radius 1 is 0.651 bits per heavy atom. The number of aromatic nitrogens is 4. The molecule has 3 N–H and O–H groups in total. The van der Waals surface area contributed by atoms with Gasteiger partial charge in [0.2, 0.25) is 0 Å². The van der Waals surface area contributed by atoms with Crippen molar-refractivity contribution in [3.63, 3.8) is 0 Å². The number of likely N-dealkylation sites (tertiary alicyclic amines) is 1. The molecule has 3 aromatic carbocycles. The van der Waals surface area contributed by atoms with Gasteiger partial charge in [-0.2, -0.15) is 20.4 Å². The molecule has 63 heavy (non-hydrogen) atoms. The van der Waals surface area contributed by atoms with Gasteiger partial charge in [-0.15, -0.1) is 0 Å². The highest BCUT2D eigenvalue weighted by Crippen LogP contribution is 2.39. The Hall–Kier alpha value is -5.92. The number of hydrogen-bond donors (Lipinski definition) is 3. The van der Waals surface area contributed by atoms with Gasteiger partial charge in [0.15, 0.2) is 19.7 Å². The number of carbonyl (C=O) groups excluding carboxylic acids is 2. The minimum Gasteiger partial charge on any atom is -0.410 e. The van der Waals surface area contributed by atoms with E-state index in [4.69, 9.17) is 4.74 Å². The zero-order valence-electron chi connectivity index (χ0n) is 35.4. The number of amides is 3. The summed E-state index contributed by atoms with van der Waals surface area (Å²) in [5, 5.41) is 23.1. The lowest BCUT2D eigenvalue weighted by Crippen LogP contribution is -2.48. The third-order valence-electron chi connectivity index (χ3n) is 11.3. The average molecular weight is 907 g/mol. The molecule has 336 valence electrons. The molecule has 7 rings (SSSR count). The first kappa shape index (κ1) is 48.1. The molecule has 0 saturated carbocycles. The van der Waals surface area contributed by atoms with E-state index >= 15 is 0 Å². The normalized spacial score (nSPS) is 15.1. The van der Waals surface area contributed by atoms with Gasteiger partial charge in [0.05, 0.1) is 55.4 Å². The number of nitrogens with zero attached hydrogens (tertiary/aromatic N) is 5. The molecule has 2 saturated heterocycles. The van der Waals surface area contributed by atoms with Crippen LogP contribution in [0.1, 0.15) is 53.4 Å². The Morgan fingerprint density at radius 2 is 1.13 bits per heavy atom. The maximum Gasteiger partial charge on any atom is 0.417 e. The van der Waals surface area contributed by atoms with Gasteiger partial charge >= 0.3 is 12.1 Å². The Balaban J connectivity index is 0.000000187. The lowest BCUT2D eigenvalue weighted by atomic mass is 9.86. The number of sulfone groups is 2. The summed E-state index contributed by atoms with van der Waals surface area (Å²) in [5.74, 6) is -0.646. The van der Waals surface area contributed by atoms with Gasteiger partial charge in [-0.3, -0.25) is 5.32 Å². The molecule has 0 spiro atoms. The van der Waals surface area contributed by atoms with Crippen LogP contribution in [0.4, 0.5) is 29.7 Å². The van der Waals surface area contributed by atoms with Crippen LogP contribution in [0.5, 0.6) is 5.75 Å². The van der Waals surface area contributed by atoms with E-state index in [1.807, 2.05) is 6.07 Å². The number of hydrogen-bond acceptors (Lipinski definition) is 12. The number of urea groups is 1. The van der Waals surface area contributed by atoms with E-state index in [1.165, 1.54) is 61.2 Å². The van der Waals surface area contributed by atoms with Crippen molar-refractivity contribution in [2.75, 3.05) is 36.8 Å². The molecule has 15 nitrogen and oxygen atoms in total. The first-order chi connectivity index (χ1) is 29.9. The van der Waals surface area contributed by atoms with E-state index in [0.29, 0.717) is 43.1 Å². The average Bonchev–Trinajstić information content (AvgIpc) is 3.28. The first-order valence-electron chi connectivity index (χ1n) is 20.3. The number of para-hydroxylation sites is 1. The van der Waals surface area contributed by atoms with Gasteiger partial charge in [0, 0.05) is 13.1 Å². The van der Waals surface area contributed by atoms with Crippen molar-refractivity contribution in [1.29, 1.82) is 0 Å². The quantitative estimate of drug-likeness (QED) is 0.131. The summed E-state index contributed by atoms with van der Waals surface area (Å²) >= 11 is 0. The van der Waals surface area contributed by atoms with E-state index < -0.39 is 46.9 Å². The predicted octanol–water partition coefficient (Wildman–Crippen LogP) is 7.58. The molecule has 2 fully saturated rings. The van der Waals surface area contributed by atoms with Crippen molar-refractivity contribution in [2.45, 2.75) is 72.7 Å². The van der Waals surface area contributed by atoms with Gasteiger partial charge in [-0.05, 0) is 139 Å². The van der Waals surface area contributed by atoms with Crippen LogP contribution in [0, 0.1) is 23.5 Å². The van der Waals surface area contributed by atoms with Crippen LogP contribution in [-0.2, 0) is 19.7 Å². The Morgan fingerprint density at radius 3 is 1.59 bits per heavy atom. The SMILES string of the molecule is CC(C)(C1CCN(C(=O)Nc2ccnnc2)CC1)S(=O)(=O)c1cccc(F)c1.CC(C)(C1CCNCC1)S(=O)(=O)c1cccc(F)c1.O=C(Nc1ccnnc1)Oc1ccccc1. The zero-order chi connectivity index (χ0) is 45.7. The van der Waals surface area contributed by atoms with Gasteiger partial charge in [-0.25, -0.2) is 35.2 Å².